The molecule has 2 saturated heterocycles. The molecule has 1 aromatic carbocycles. The number of pyridine rings is 1. The van der Waals surface area contributed by atoms with Crippen LogP contribution in [0.5, 0.6) is 0 Å². The third kappa shape index (κ3) is 2.64. The van der Waals surface area contributed by atoms with Crippen LogP contribution in [0, 0.1) is 5.92 Å². The van der Waals surface area contributed by atoms with E-state index in [4.69, 9.17) is 19.9 Å². The van der Waals surface area contributed by atoms with E-state index in [1.54, 1.807) is 19.9 Å². The van der Waals surface area contributed by atoms with Gasteiger partial charge in [-0.1, -0.05) is 12.1 Å². The zero-order chi connectivity index (χ0) is 19.0. The number of rotatable bonds is 2. The summed E-state index contributed by atoms with van der Waals surface area (Å²) in [7, 11) is 0. The van der Waals surface area contributed by atoms with Crippen LogP contribution in [0.15, 0.2) is 30.3 Å². The molecule has 0 amide bonds. The highest BCUT2D eigenvalue weighted by atomic mass is 19.1. The number of hydrogen-bond acceptors (Lipinski definition) is 6. The molecule has 2 aromatic rings. The molecule has 5 rings (SSSR count). The third-order valence-corrected chi connectivity index (χ3v) is 5.95. The fourth-order valence-electron chi connectivity index (χ4n) is 4.76. The molecule has 0 bridgehead atoms. The number of aromatic nitrogens is 1. The van der Waals surface area contributed by atoms with E-state index in [0.717, 1.165) is 16.5 Å². The van der Waals surface area contributed by atoms with Crippen molar-refractivity contribution in [1.82, 2.24) is 4.98 Å². The van der Waals surface area contributed by atoms with E-state index in [-0.39, 0.29) is 6.42 Å². The summed E-state index contributed by atoms with van der Waals surface area (Å²) in [6, 6.07) is 9.48. The minimum absolute atomic E-state index is 0.0122. The smallest absolute Gasteiger partial charge is 0.190 e. The number of nitrogens with zero attached hydrogens (tertiary/aromatic N) is 1. The number of aliphatic hydroxyl groups is 1. The molecule has 27 heavy (non-hydrogen) atoms. The molecular formula is C20H23FN2O4. The first-order chi connectivity index (χ1) is 12.7. The fraction of sp³-hybridized carbons (Fsp3) is 0.550. The summed E-state index contributed by atoms with van der Waals surface area (Å²) in [5.41, 5.74) is 6.10. The number of halogens is 1. The number of anilines is 1. The Bertz CT molecular complexity index is 907. The van der Waals surface area contributed by atoms with Gasteiger partial charge in [0.25, 0.3) is 0 Å². The zero-order valence-electron chi connectivity index (χ0n) is 15.3. The quantitative estimate of drug-likeness (QED) is 0.839. The Morgan fingerprint density at radius 2 is 2.00 bits per heavy atom. The minimum atomic E-state index is -1.37. The summed E-state index contributed by atoms with van der Waals surface area (Å²) in [4.78, 5) is 4.34. The number of benzene rings is 1. The number of alkyl halides is 1. The van der Waals surface area contributed by atoms with Crippen LogP contribution in [0.3, 0.4) is 0 Å². The van der Waals surface area contributed by atoms with Crippen LogP contribution in [-0.4, -0.2) is 46.1 Å². The molecule has 0 unspecified atom stereocenters. The molecule has 3 heterocycles. The van der Waals surface area contributed by atoms with Gasteiger partial charge in [0, 0.05) is 17.7 Å². The number of fused-ring (bicyclic) bond motifs is 4. The predicted molar refractivity (Wildman–Crippen MR) is 96.5 cm³/mol. The van der Waals surface area contributed by atoms with Crippen molar-refractivity contribution in [3.8, 4) is 0 Å². The van der Waals surface area contributed by atoms with Crippen LogP contribution in [-0.2, 0) is 20.6 Å². The molecule has 0 spiro atoms. The Kier molecular flexibility index (Phi) is 3.59. The number of nitrogens with two attached hydrogens (primary N) is 1. The van der Waals surface area contributed by atoms with Gasteiger partial charge in [-0.05, 0) is 44.0 Å². The summed E-state index contributed by atoms with van der Waals surface area (Å²) in [6.45, 7) is 3.53. The van der Waals surface area contributed by atoms with Gasteiger partial charge < -0.3 is 25.1 Å². The highest BCUT2D eigenvalue weighted by Gasteiger charge is 2.69. The highest BCUT2D eigenvalue weighted by Crippen LogP contribution is 2.53. The predicted octanol–water partition coefficient (Wildman–Crippen LogP) is 2.33. The average molecular weight is 374 g/mol. The molecule has 6 atom stereocenters. The van der Waals surface area contributed by atoms with Crippen LogP contribution >= 0.6 is 0 Å². The van der Waals surface area contributed by atoms with E-state index in [0.29, 0.717) is 12.2 Å². The molecule has 3 N–H and O–H groups in total. The van der Waals surface area contributed by atoms with Crippen molar-refractivity contribution in [3.05, 3.63) is 35.9 Å². The fourth-order valence-corrected chi connectivity index (χ4v) is 4.76. The normalized spacial score (nSPS) is 39.6. The molecular weight excluding hydrogens is 351 g/mol. The molecule has 6 nitrogen and oxygen atoms in total. The summed E-state index contributed by atoms with van der Waals surface area (Å²) < 4.78 is 32.4. The first-order valence-corrected chi connectivity index (χ1v) is 9.28. The van der Waals surface area contributed by atoms with E-state index in [1.807, 2.05) is 24.3 Å². The van der Waals surface area contributed by atoms with Gasteiger partial charge in [0.15, 0.2) is 12.1 Å². The van der Waals surface area contributed by atoms with E-state index in [9.17, 15) is 9.50 Å². The summed E-state index contributed by atoms with van der Waals surface area (Å²) in [5, 5.41) is 12.1. The molecule has 3 fully saturated rings. The minimum Gasteiger partial charge on any atom is -0.384 e. The third-order valence-electron chi connectivity index (χ3n) is 5.95. The first kappa shape index (κ1) is 17.3. The summed E-state index contributed by atoms with van der Waals surface area (Å²) in [5.74, 6) is -0.874. The molecule has 1 aromatic heterocycles. The van der Waals surface area contributed by atoms with Gasteiger partial charge in [0.1, 0.15) is 23.7 Å². The van der Waals surface area contributed by atoms with Crippen LogP contribution in [0.25, 0.3) is 10.9 Å². The van der Waals surface area contributed by atoms with Gasteiger partial charge in [-0.25, -0.2) is 9.37 Å². The zero-order valence-corrected chi connectivity index (χ0v) is 15.3. The average Bonchev–Trinajstić information content (AvgIpc) is 3.12. The lowest BCUT2D eigenvalue weighted by atomic mass is 9.90. The van der Waals surface area contributed by atoms with Crippen molar-refractivity contribution in [2.24, 2.45) is 5.92 Å². The second-order valence-corrected chi connectivity index (χ2v) is 8.32. The van der Waals surface area contributed by atoms with Crippen molar-refractivity contribution in [2.75, 3.05) is 5.73 Å². The Labute approximate surface area is 156 Å². The van der Waals surface area contributed by atoms with Gasteiger partial charge in [-0.2, -0.15) is 0 Å². The van der Waals surface area contributed by atoms with Crippen molar-refractivity contribution in [1.29, 1.82) is 0 Å². The molecule has 7 heteroatoms. The maximum absolute atomic E-state index is 14.9. The lowest BCUT2D eigenvalue weighted by Crippen LogP contribution is -2.47. The van der Waals surface area contributed by atoms with E-state index in [2.05, 4.69) is 4.98 Å². The Hall–Kier alpha value is -1.80. The second-order valence-electron chi connectivity index (χ2n) is 8.32. The molecule has 3 aliphatic rings. The lowest BCUT2D eigenvalue weighted by molar-refractivity contribution is -0.228. The SMILES string of the molecule is CC1(C)O[C@H]2O[C@@H]3[C@H](Cc4ccc5ccc(N)nc5c4)[C@H](F)C[C@]3(O)[C@H]2O1. The van der Waals surface area contributed by atoms with E-state index >= 15 is 0 Å². The van der Waals surface area contributed by atoms with Crippen molar-refractivity contribution in [3.63, 3.8) is 0 Å². The van der Waals surface area contributed by atoms with Crippen molar-refractivity contribution >= 4 is 16.7 Å². The van der Waals surface area contributed by atoms with Crippen LogP contribution < -0.4 is 5.73 Å². The Morgan fingerprint density at radius 3 is 2.81 bits per heavy atom. The first-order valence-electron chi connectivity index (χ1n) is 9.28. The van der Waals surface area contributed by atoms with Crippen LogP contribution in [0.1, 0.15) is 25.8 Å². The van der Waals surface area contributed by atoms with Crippen LogP contribution in [0.4, 0.5) is 10.2 Å². The van der Waals surface area contributed by atoms with Gasteiger partial charge >= 0.3 is 0 Å². The maximum Gasteiger partial charge on any atom is 0.190 e. The second kappa shape index (κ2) is 5.61. The number of hydrogen-bond donors (Lipinski definition) is 2. The molecule has 1 saturated carbocycles. The lowest BCUT2D eigenvalue weighted by Gasteiger charge is -2.29. The van der Waals surface area contributed by atoms with E-state index < -0.39 is 42.0 Å². The van der Waals surface area contributed by atoms with Crippen molar-refractivity contribution < 1.29 is 23.7 Å². The molecule has 1 aliphatic carbocycles. The molecule has 0 radical (unpaired) electrons. The van der Waals surface area contributed by atoms with Gasteiger partial charge in [0.2, 0.25) is 0 Å². The topological polar surface area (TPSA) is 86.8 Å². The van der Waals surface area contributed by atoms with Crippen molar-refractivity contribution in [2.45, 2.75) is 62.7 Å². The summed E-state index contributed by atoms with van der Waals surface area (Å²) >= 11 is 0. The molecule has 2 aliphatic heterocycles. The number of ether oxygens (including phenoxy) is 3. The van der Waals surface area contributed by atoms with E-state index in [1.165, 1.54) is 0 Å². The van der Waals surface area contributed by atoms with Gasteiger partial charge in [-0.3, -0.25) is 0 Å². The monoisotopic (exact) mass is 374 g/mol. The van der Waals surface area contributed by atoms with Gasteiger partial charge in [0.05, 0.1) is 11.6 Å². The largest absolute Gasteiger partial charge is 0.384 e. The highest BCUT2D eigenvalue weighted by molar-refractivity contribution is 5.80. The van der Waals surface area contributed by atoms with Gasteiger partial charge in [-0.15, -0.1) is 0 Å². The standard InChI is InChI=1S/C20H23FN2O4/c1-19(2)26-17-18(27-19)25-16-12(13(21)9-20(16,17)24)7-10-3-4-11-5-6-15(22)23-14(11)8-10/h3-6,8,12-13,16-18,24H,7,9H2,1-2H3,(H2,22,23)/t12-,13-,16-,17+,18-,20-/m1/s1. The maximum atomic E-state index is 14.9. The van der Waals surface area contributed by atoms with Crippen LogP contribution in [0.2, 0.25) is 0 Å². The Morgan fingerprint density at radius 1 is 1.22 bits per heavy atom. The number of nitrogen functional groups attached to an aromatic ring is 1. The Balaban J connectivity index is 1.42. The molecule has 144 valence electrons. The summed E-state index contributed by atoms with van der Waals surface area (Å²) in [6.07, 6.45) is -2.76.